The van der Waals surface area contributed by atoms with Crippen molar-refractivity contribution in [2.75, 3.05) is 0 Å². The zero-order valence-electron chi connectivity index (χ0n) is 18.0. The second-order valence-electron chi connectivity index (χ2n) is 9.59. The van der Waals surface area contributed by atoms with Crippen molar-refractivity contribution in [3.63, 3.8) is 0 Å². The van der Waals surface area contributed by atoms with Gasteiger partial charge in [-0.05, 0) is 68.8 Å². The summed E-state index contributed by atoms with van der Waals surface area (Å²) in [6.45, 7) is 4.50. The highest BCUT2D eigenvalue weighted by atomic mass is 14.3. The van der Waals surface area contributed by atoms with Crippen LogP contribution in [0.25, 0.3) is 0 Å². The van der Waals surface area contributed by atoms with Gasteiger partial charge in [-0.25, -0.2) is 0 Å². The van der Waals surface area contributed by atoms with Crippen LogP contribution in [0, 0.1) is 24.7 Å². The maximum Gasteiger partial charge on any atom is -0.0241 e. The fraction of sp³-hybridized carbons (Fsp3) is 0.704. The Morgan fingerprint density at radius 1 is 0.778 bits per heavy atom. The lowest BCUT2D eigenvalue weighted by Crippen LogP contribution is -2.16. The molecule has 0 saturated heterocycles. The van der Waals surface area contributed by atoms with E-state index < -0.39 is 0 Å². The van der Waals surface area contributed by atoms with Gasteiger partial charge in [0.1, 0.15) is 0 Å². The molecule has 2 aliphatic carbocycles. The molecule has 0 aliphatic heterocycles. The van der Waals surface area contributed by atoms with Gasteiger partial charge in [0.25, 0.3) is 0 Å². The Kier molecular flexibility index (Phi) is 8.49. The summed E-state index contributed by atoms with van der Waals surface area (Å²) in [6.07, 6.45) is 22.7. The van der Waals surface area contributed by atoms with E-state index in [1.165, 1.54) is 101 Å². The first-order chi connectivity index (χ1) is 13.2. The first-order valence-electron chi connectivity index (χ1n) is 12.0. The minimum absolute atomic E-state index is 0.978. The van der Waals surface area contributed by atoms with E-state index in [1.807, 2.05) is 0 Å². The summed E-state index contributed by atoms with van der Waals surface area (Å²) in [5.74, 6) is 3.09. The summed E-state index contributed by atoms with van der Waals surface area (Å²) in [4.78, 5) is 0. The second-order valence-corrected chi connectivity index (χ2v) is 9.59. The summed E-state index contributed by atoms with van der Waals surface area (Å²) < 4.78 is 0. The number of aryl methyl sites for hydroxylation is 2. The van der Waals surface area contributed by atoms with Crippen LogP contribution in [0.3, 0.4) is 0 Å². The van der Waals surface area contributed by atoms with Crippen LogP contribution < -0.4 is 0 Å². The van der Waals surface area contributed by atoms with E-state index >= 15 is 0 Å². The monoisotopic (exact) mass is 366 g/mol. The second kappa shape index (κ2) is 11.1. The largest absolute Gasteiger partial charge is 0.0850 e. The molecule has 0 heterocycles. The molecule has 0 spiro atoms. The Morgan fingerprint density at radius 3 is 2.07 bits per heavy atom. The molecule has 0 radical (unpaired) electrons. The number of unbranched alkanes of at least 4 members (excludes halogenated alkanes) is 1. The van der Waals surface area contributed by atoms with Gasteiger partial charge in [0.05, 0.1) is 0 Å². The standard InChI is InChI=1S/C27H42/c1-3-4-5-23-10-12-25(13-11-23)16-17-27-20-18-26(19-21-27)15-14-24-8-6-22(2)7-9-24/h6-9,18,23,25,27H,3-5,10-17,19-21H2,1-2H3/t23-,25-,27?. The van der Waals surface area contributed by atoms with Crippen molar-refractivity contribution < 1.29 is 0 Å². The summed E-state index contributed by atoms with van der Waals surface area (Å²) in [5, 5.41) is 0. The minimum atomic E-state index is 0.978. The SMILES string of the molecule is CCCC[C@H]1CC[C@H](CCC2CC=C(CCc3ccc(C)cc3)CC2)CC1. The van der Waals surface area contributed by atoms with E-state index in [2.05, 4.69) is 44.2 Å². The molecule has 1 saturated carbocycles. The van der Waals surface area contributed by atoms with Crippen LogP contribution in [0.2, 0.25) is 0 Å². The molecule has 1 aromatic rings. The highest BCUT2D eigenvalue weighted by molar-refractivity contribution is 5.22. The average Bonchev–Trinajstić information content (AvgIpc) is 2.72. The Hall–Kier alpha value is -1.04. The number of benzene rings is 1. The third kappa shape index (κ3) is 7.13. The molecule has 1 unspecified atom stereocenters. The van der Waals surface area contributed by atoms with E-state index in [9.17, 15) is 0 Å². The van der Waals surface area contributed by atoms with Gasteiger partial charge in [-0.3, -0.25) is 0 Å². The maximum absolute atomic E-state index is 2.60. The minimum Gasteiger partial charge on any atom is -0.0850 e. The molecule has 0 aromatic heterocycles. The van der Waals surface area contributed by atoms with Crippen LogP contribution in [-0.4, -0.2) is 0 Å². The zero-order valence-corrected chi connectivity index (χ0v) is 18.0. The van der Waals surface area contributed by atoms with Crippen molar-refractivity contribution in [2.45, 2.75) is 104 Å². The Labute approximate surface area is 168 Å². The lowest BCUT2D eigenvalue weighted by molar-refractivity contribution is 0.235. The van der Waals surface area contributed by atoms with Gasteiger partial charge in [0.15, 0.2) is 0 Å². The van der Waals surface area contributed by atoms with Gasteiger partial charge >= 0.3 is 0 Å². The van der Waals surface area contributed by atoms with Gasteiger partial charge in [-0.15, -0.1) is 0 Å². The van der Waals surface area contributed by atoms with Crippen molar-refractivity contribution in [3.8, 4) is 0 Å². The van der Waals surface area contributed by atoms with Crippen molar-refractivity contribution in [1.82, 2.24) is 0 Å². The first-order valence-corrected chi connectivity index (χ1v) is 12.0. The van der Waals surface area contributed by atoms with Crippen molar-refractivity contribution in [2.24, 2.45) is 17.8 Å². The van der Waals surface area contributed by atoms with Crippen LogP contribution in [0.15, 0.2) is 35.9 Å². The molecule has 2 aliphatic rings. The van der Waals surface area contributed by atoms with Crippen LogP contribution in [-0.2, 0) is 6.42 Å². The fourth-order valence-electron chi connectivity index (χ4n) is 5.26. The molecule has 1 fully saturated rings. The summed E-state index contributed by atoms with van der Waals surface area (Å²) in [6, 6.07) is 9.10. The zero-order chi connectivity index (χ0) is 18.9. The maximum atomic E-state index is 2.60. The van der Waals surface area contributed by atoms with Crippen molar-refractivity contribution in [1.29, 1.82) is 0 Å². The molecular weight excluding hydrogens is 324 g/mol. The third-order valence-electron chi connectivity index (χ3n) is 7.38. The van der Waals surface area contributed by atoms with Crippen LogP contribution in [0.4, 0.5) is 0 Å². The predicted octanol–water partition coefficient (Wildman–Crippen LogP) is 8.43. The molecule has 0 N–H and O–H groups in total. The topological polar surface area (TPSA) is 0 Å². The molecule has 0 amide bonds. The van der Waals surface area contributed by atoms with Crippen molar-refractivity contribution in [3.05, 3.63) is 47.0 Å². The van der Waals surface area contributed by atoms with Gasteiger partial charge < -0.3 is 0 Å². The van der Waals surface area contributed by atoms with Crippen LogP contribution >= 0.6 is 0 Å². The molecular formula is C27H42. The molecule has 3 rings (SSSR count). The smallest absolute Gasteiger partial charge is 0.0241 e. The first kappa shape index (κ1) is 20.7. The normalized spacial score (nSPS) is 26.0. The van der Waals surface area contributed by atoms with Crippen molar-refractivity contribution >= 4 is 0 Å². The van der Waals surface area contributed by atoms with Crippen LogP contribution in [0.1, 0.15) is 102 Å². The number of hydrogen-bond donors (Lipinski definition) is 0. The Balaban J connectivity index is 1.30. The van der Waals surface area contributed by atoms with Gasteiger partial charge in [-0.1, -0.05) is 99.8 Å². The Bertz CT molecular complexity index is 556. The highest BCUT2D eigenvalue weighted by Gasteiger charge is 2.22. The lowest BCUT2D eigenvalue weighted by Gasteiger charge is -2.30. The molecule has 150 valence electrons. The number of allylic oxidation sites excluding steroid dienone is 2. The molecule has 0 heteroatoms. The quantitative estimate of drug-likeness (QED) is 0.385. The Morgan fingerprint density at radius 2 is 1.44 bits per heavy atom. The molecule has 27 heavy (non-hydrogen) atoms. The predicted molar refractivity (Wildman–Crippen MR) is 119 cm³/mol. The molecule has 1 aromatic carbocycles. The number of hydrogen-bond acceptors (Lipinski definition) is 0. The van der Waals surface area contributed by atoms with Gasteiger partial charge in [0, 0.05) is 0 Å². The van der Waals surface area contributed by atoms with E-state index in [0.717, 1.165) is 17.8 Å². The van der Waals surface area contributed by atoms with Crippen LogP contribution in [0.5, 0.6) is 0 Å². The summed E-state index contributed by atoms with van der Waals surface area (Å²) in [7, 11) is 0. The number of rotatable bonds is 9. The summed E-state index contributed by atoms with van der Waals surface area (Å²) >= 11 is 0. The van der Waals surface area contributed by atoms with E-state index in [-0.39, 0.29) is 0 Å². The summed E-state index contributed by atoms with van der Waals surface area (Å²) in [5.41, 5.74) is 4.59. The van der Waals surface area contributed by atoms with E-state index in [0.29, 0.717) is 0 Å². The van der Waals surface area contributed by atoms with Gasteiger partial charge in [-0.2, -0.15) is 0 Å². The average molecular weight is 367 g/mol. The fourth-order valence-corrected chi connectivity index (χ4v) is 5.26. The molecule has 0 bridgehead atoms. The molecule has 1 atom stereocenters. The third-order valence-corrected chi connectivity index (χ3v) is 7.38. The van der Waals surface area contributed by atoms with E-state index in [1.54, 1.807) is 5.57 Å². The molecule has 0 nitrogen and oxygen atoms in total. The highest BCUT2D eigenvalue weighted by Crippen LogP contribution is 2.37. The lowest BCUT2D eigenvalue weighted by atomic mass is 9.76. The van der Waals surface area contributed by atoms with Gasteiger partial charge in [0.2, 0.25) is 0 Å². The van der Waals surface area contributed by atoms with E-state index in [4.69, 9.17) is 0 Å².